The highest BCUT2D eigenvalue weighted by atomic mass is 127. The van der Waals surface area contributed by atoms with Crippen LogP contribution in [-0.2, 0) is 5.60 Å². The van der Waals surface area contributed by atoms with Gasteiger partial charge in [-0.2, -0.15) is 11.3 Å². The number of aliphatic imine (C=N–C) groups is 1. The molecule has 2 atom stereocenters. The van der Waals surface area contributed by atoms with Gasteiger partial charge in [0.05, 0.1) is 19.7 Å². The van der Waals surface area contributed by atoms with Gasteiger partial charge in [0.2, 0.25) is 0 Å². The first-order valence-corrected chi connectivity index (χ1v) is 10.4. The third-order valence-corrected chi connectivity index (χ3v) is 5.30. The van der Waals surface area contributed by atoms with Crippen molar-refractivity contribution in [2.75, 3.05) is 40.8 Å². The molecule has 0 aliphatic carbocycles. The lowest BCUT2D eigenvalue weighted by molar-refractivity contribution is 0.0677. The number of thiophene rings is 1. The maximum absolute atomic E-state index is 10.7. The van der Waals surface area contributed by atoms with Crippen molar-refractivity contribution in [2.45, 2.75) is 25.5 Å². The predicted molar refractivity (Wildman–Crippen MR) is 133 cm³/mol. The van der Waals surface area contributed by atoms with Crippen molar-refractivity contribution < 1.29 is 9.84 Å². The van der Waals surface area contributed by atoms with Gasteiger partial charge in [-0.3, -0.25) is 0 Å². The number of aliphatic hydroxyl groups is 1. The van der Waals surface area contributed by atoms with Gasteiger partial charge in [0, 0.05) is 13.1 Å². The van der Waals surface area contributed by atoms with Gasteiger partial charge in [-0.1, -0.05) is 12.1 Å². The van der Waals surface area contributed by atoms with Crippen molar-refractivity contribution in [3.8, 4) is 5.75 Å². The molecule has 3 N–H and O–H groups in total. The van der Waals surface area contributed by atoms with E-state index < -0.39 is 5.60 Å². The Morgan fingerprint density at radius 1 is 1.24 bits per heavy atom. The number of nitrogens with one attached hydrogen (secondary N) is 2. The van der Waals surface area contributed by atoms with E-state index in [1.54, 1.807) is 25.4 Å². The van der Waals surface area contributed by atoms with Crippen LogP contribution in [0.1, 0.15) is 31.0 Å². The molecule has 0 aliphatic heterocycles. The number of benzene rings is 1. The summed E-state index contributed by atoms with van der Waals surface area (Å²) in [5, 5.41) is 21.3. The van der Waals surface area contributed by atoms with Crippen molar-refractivity contribution in [2.24, 2.45) is 4.99 Å². The second-order valence-corrected chi connectivity index (χ2v) is 7.89. The molecule has 0 fully saturated rings. The van der Waals surface area contributed by atoms with Gasteiger partial charge in [0.25, 0.3) is 0 Å². The zero-order valence-corrected chi connectivity index (χ0v) is 21.0. The largest absolute Gasteiger partial charge is 0.497 e. The second-order valence-electron chi connectivity index (χ2n) is 7.11. The van der Waals surface area contributed by atoms with Gasteiger partial charge >= 0.3 is 0 Å². The quantitative estimate of drug-likeness (QED) is 0.262. The maximum Gasteiger partial charge on any atom is 0.191 e. The highest BCUT2D eigenvalue weighted by Crippen LogP contribution is 2.23. The molecule has 1 aromatic carbocycles. The van der Waals surface area contributed by atoms with Crippen LogP contribution in [0.4, 0.5) is 0 Å². The number of likely N-dealkylation sites (N-methyl/N-ethyl adjacent to an activating group) is 1. The van der Waals surface area contributed by atoms with Crippen LogP contribution in [0.3, 0.4) is 0 Å². The van der Waals surface area contributed by atoms with Crippen LogP contribution in [0.25, 0.3) is 0 Å². The summed E-state index contributed by atoms with van der Waals surface area (Å²) in [6.07, 6.45) is 0. The minimum Gasteiger partial charge on any atom is -0.497 e. The number of rotatable bonds is 9. The molecule has 0 bridgehead atoms. The van der Waals surface area contributed by atoms with E-state index in [-0.39, 0.29) is 36.6 Å². The van der Waals surface area contributed by atoms with E-state index in [0.29, 0.717) is 12.5 Å². The molecule has 29 heavy (non-hydrogen) atoms. The van der Waals surface area contributed by atoms with E-state index in [1.807, 2.05) is 35.9 Å². The van der Waals surface area contributed by atoms with Crippen LogP contribution < -0.4 is 15.4 Å². The standard InChI is InChI=1S/C21H32N4O2S.HI/c1-6-22-20(24-15-21(2,26)17-11-12-28-14-17)23-13-19(25(3)4)16-7-9-18(27-5)10-8-16;/h7-12,14,19,26H,6,13,15H2,1-5H3,(H2,22,23,24);1H. The van der Waals surface area contributed by atoms with Crippen molar-refractivity contribution in [1.29, 1.82) is 0 Å². The van der Waals surface area contributed by atoms with Crippen molar-refractivity contribution >= 4 is 41.3 Å². The Morgan fingerprint density at radius 3 is 2.45 bits per heavy atom. The number of methoxy groups -OCH3 is 1. The first-order valence-electron chi connectivity index (χ1n) is 9.45. The van der Waals surface area contributed by atoms with Gasteiger partial charge in [-0.05, 0) is 68.0 Å². The lowest BCUT2D eigenvalue weighted by atomic mass is 10.00. The van der Waals surface area contributed by atoms with Gasteiger partial charge in [0.1, 0.15) is 11.4 Å². The topological polar surface area (TPSA) is 69.1 Å². The van der Waals surface area contributed by atoms with E-state index in [2.05, 4.69) is 46.8 Å². The molecule has 0 aliphatic rings. The van der Waals surface area contributed by atoms with Gasteiger partial charge in [-0.25, -0.2) is 4.99 Å². The molecule has 0 saturated carbocycles. The number of hydrogen-bond donors (Lipinski definition) is 3. The fourth-order valence-corrected chi connectivity index (χ4v) is 3.64. The summed E-state index contributed by atoms with van der Waals surface area (Å²) < 4.78 is 5.25. The molecular weight excluding hydrogens is 499 g/mol. The molecule has 2 unspecified atom stereocenters. The third kappa shape index (κ3) is 7.76. The molecule has 1 aromatic heterocycles. The molecular formula is C21H33IN4O2S. The molecule has 0 saturated heterocycles. The lowest BCUT2D eigenvalue weighted by Crippen LogP contribution is -2.42. The molecule has 6 nitrogen and oxygen atoms in total. The van der Waals surface area contributed by atoms with Crippen LogP contribution in [0.2, 0.25) is 0 Å². The number of halogens is 1. The summed E-state index contributed by atoms with van der Waals surface area (Å²) in [5.74, 6) is 1.54. The van der Waals surface area contributed by atoms with E-state index >= 15 is 0 Å². The first-order chi connectivity index (χ1) is 13.4. The maximum atomic E-state index is 10.7. The summed E-state index contributed by atoms with van der Waals surface area (Å²) in [4.78, 5) is 6.77. The molecule has 1 heterocycles. The minimum absolute atomic E-state index is 0. The Morgan fingerprint density at radius 2 is 1.93 bits per heavy atom. The fraction of sp³-hybridized carbons (Fsp3) is 0.476. The van der Waals surface area contributed by atoms with Crippen LogP contribution in [0, 0.1) is 0 Å². The van der Waals surface area contributed by atoms with E-state index in [0.717, 1.165) is 17.9 Å². The van der Waals surface area contributed by atoms with Crippen LogP contribution in [0.15, 0.2) is 46.1 Å². The Bertz CT molecular complexity index is 734. The average Bonchev–Trinajstić information content (AvgIpc) is 3.22. The number of ether oxygens (including phenoxy) is 1. The Hall–Kier alpha value is -1.36. The average molecular weight is 532 g/mol. The van der Waals surface area contributed by atoms with E-state index in [1.165, 1.54) is 5.56 Å². The van der Waals surface area contributed by atoms with E-state index in [9.17, 15) is 5.11 Å². The minimum atomic E-state index is -0.987. The normalized spacial score (nSPS) is 14.7. The number of hydrogen-bond acceptors (Lipinski definition) is 5. The summed E-state index contributed by atoms with van der Waals surface area (Å²) in [6.45, 7) is 5.55. The highest BCUT2D eigenvalue weighted by molar-refractivity contribution is 14.0. The Balaban J connectivity index is 0.00000420. The fourth-order valence-electron chi connectivity index (χ4n) is 2.85. The molecule has 0 radical (unpaired) electrons. The van der Waals surface area contributed by atoms with Crippen LogP contribution in [-0.4, -0.2) is 56.8 Å². The molecule has 8 heteroatoms. The summed E-state index contributed by atoms with van der Waals surface area (Å²) in [5.41, 5.74) is 1.10. The molecule has 0 amide bonds. The lowest BCUT2D eigenvalue weighted by Gasteiger charge is -2.26. The Kier molecular flexibility index (Phi) is 10.9. The highest BCUT2D eigenvalue weighted by Gasteiger charge is 2.23. The number of guanidine groups is 1. The Labute approximate surface area is 195 Å². The van der Waals surface area contributed by atoms with Crippen LogP contribution >= 0.6 is 35.3 Å². The monoisotopic (exact) mass is 532 g/mol. The van der Waals surface area contributed by atoms with Gasteiger partial charge in [-0.15, -0.1) is 24.0 Å². The van der Waals surface area contributed by atoms with Crippen molar-refractivity contribution in [1.82, 2.24) is 15.5 Å². The summed E-state index contributed by atoms with van der Waals surface area (Å²) in [7, 11) is 5.79. The SMILES string of the molecule is CCNC(=NCC(C)(O)c1ccsc1)NCC(c1ccc(OC)cc1)N(C)C.I. The molecule has 2 rings (SSSR count). The van der Waals surface area contributed by atoms with Crippen LogP contribution in [0.5, 0.6) is 5.75 Å². The van der Waals surface area contributed by atoms with Crippen molar-refractivity contribution in [3.05, 3.63) is 52.2 Å². The smallest absolute Gasteiger partial charge is 0.191 e. The summed E-state index contributed by atoms with van der Waals surface area (Å²) >= 11 is 1.57. The number of nitrogens with zero attached hydrogens (tertiary/aromatic N) is 2. The predicted octanol–water partition coefficient (Wildman–Crippen LogP) is 3.44. The zero-order valence-electron chi connectivity index (χ0n) is 17.8. The summed E-state index contributed by atoms with van der Waals surface area (Å²) in [6, 6.07) is 10.2. The molecule has 2 aromatic rings. The molecule has 0 spiro atoms. The van der Waals surface area contributed by atoms with Gasteiger partial charge in [0.15, 0.2) is 5.96 Å². The second kappa shape index (κ2) is 12.4. The third-order valence-electron chi connectivity index (χ3n) is 4.62. The zero-order chi connectivity index (χ0) is 20.6. The van der Waals surface area contributed by atoms with E-state index in [4.69, 9.17) is 4.74 Å². The first kappa shape index (κ1) is 25.7. The van der Waals surface area contributed by atoms with Gasteiger partial charge < -0.3 is 25.4 Å². The van der Waals surface area contributed by atoms with Crippen molar-refractivity contribution in [3.63, 3.8) is 0 Å². The molecule has 162 valence electrons.